The molecule has 0 bridgehead atoms. The fourth-order valence-electron chi connectivity index (χ4n) is 3.33. The van der Waals surface area contributed by atoms with Gasteiger partial charge < -0.3 is 4.74 Å². The van der Waals surface area contributed by atoms with Crippen molar-refractivity contribution in [3.05, 3.63) is 35.4 Å². The summed E-state index contributed by atoms with van der Waals surface area (Å²) in [5.41, 5.74) is 2.87. The number of ether oxygens (including phenoxy) is 1. The predicted molar refractivity (Wildman–Crippen MR) is 78.6 cm³/mol. The van der Waals surface area contributed by atoms with Crippen molar-refractivity contribution >= 4 is 0 Å². The van der Waals surface area contributed by atoms with E-state index in [9.17, 15) is 8.78 Å². The van der Waals surface area contributed by atoms with Crippen molar-refractivity contribution in [2.45, 2.75) is 56.6 Å². The first-order valence-corrected chi connectivity index (χ1v) is 7.56. The van der Waals surface area contributed by atoms with Crippen molar-refractivity contribution in [1.82, 2.24) is 5.43 Å². The smallest absolute Gasteiger partial charge is 0.129 e. The molecule has 0 radical (unpaired) electrons. The molecule has 0 saturated heterocycles. The van der Waals surface area contributed by atoms with E-state index in [-0.39, 0.29) is 11.6 Å². The number of halogens is 2. The molecule has 3 nitrogen and oxygen atoms in total. The second kappa shape index (κ2) is 7.29. The largest absolute Gasteiger partial charge is 0.377 e. The molecule has 0 heterocycles. The molecular weight excluding hydrogens is 274 g/mol. The van der Waals surface area contributed by atoms with Crippen LogP contribution in [0, 0.1) is 11.6 Å². The molecule has 0 spiro atoms. The molecule has 21 heavy (non-hydrogen) atoms. The fraction of sp³-hybridized carbons (Fsp3) is 0.625. The Labute approximate surface area is 124 Å². The van der Waals surface area contributed by atoms with Crippen LogP contribution in [0.3, 0.4) is 0 Å². The highest BCUT2D eigenvalue weighted by atomic mass is 19.1. The third-order valence-electron chi connectivity index (χ3n) is 4.63. The van der Waals surface area contributed by atoms with Crippen molar-refractivity contribution in [2.24, 2.45) is 5.84 Å². The molecule has 1 aromatic rings. The zero-order valence-corrected chi connectivity index (χ0v) is 12.5. The van der Waals surface area contributed by atoms with Crippen molar-refractivity contribution in [3.8, 4) is 0 Å². The highest BCUT2D eigenvalue weighted by Gasteiger charge is 2.39. The average molecular weight is 298 g/mol. The van der Waals surface area contributed by atoms with Crippen LogP contribution in [0.25, 0.3) is 0 Å². The van der Waals surface area contributed by atoms with Crippen molar-refractivity contribution in [1.29, 1.82) is 0 Å². The van der Waals surface area contributed by atoms with Gasteiger partial charge in [0.05, 0.1) is 11.6 Å². The number of benzene rings is 1. The molecule has 1 aromatic carbocycles. The topological polar surface area (TPSA) is 47.3 Å². The van der Waals surface area contributed by atoms with Crippen molar-refractivity contribution < 1.29 is 13.5 Å². The Kier molecular flexibility index (Phi) is 5.67. The van der Waals surface area contributed by atoms with Gasteiger partial charge in [0.2, 0.25) is 0 Å². The zero-order chi connectivity index (χ0) is 15.3. The van der Waals surface area contributed by atoms with Crippen LogP contribution in [0.15, 0.2) is 18.2 Å². The molecule has 2 rings (SSSR count). The Morgan fingerprint density at radius 3 is 2.43 bits per heavy atom. The summed E-state index contributed by atoms with van der Waals surface area (Å²) >= 11 is 0. The Morgan fingerprint density at radius 1 is 1.24 bits per heavy atom. The minimum absolute atomic E-state index is 0.194. The number of rotatable bonds is 5. The summed E-state index contributed by atoms with van der Waals surface area (Å²) < 4.78 is 32.7. The van der Waals surface area contributed by atoms with Crippen LogP contribution in [0.1, 0.15) is 44.1 Å². The first-order valence-electron chi connectivity index (χ1n) is 7.56. The lowest BCUT2D eigenvalue weighted by Crippen LogP contribution is -2.55. The van der Waals surface area contributed by atoms with Gasteiger partial charge in [-0.2, -0.15) is 0 Å². The van der Waals surface area contributed by atoms with Crippen molar-refractivity contribution in [2.75, 3.05) is 7.11 Å². The van der Waals surface area contributed by atoms with Gasteiger partial charge in [-0.25, -0.2) is 8.78 Å². The normalized spacial score (nSPS) is 20.0. The molecule has 1 unspecified atom stereocenters. The lowest BCUT2D eigenvalue weighted by Gasteiger charge is -2.39. The standard InChI is InChI=1S/C16H24F2N2O/c1-21-16(8-4-2-3-5-9-16)15(20-19)10-12-6-7-13(17)11-14(12)18/h6-7,11,15,20H,2-5,8-10,19H2,1H3. The van der Waals surface area contributed by atoms with E-state index in [2.05, 4.69) is 5.43 Å². The van der Waals surface area contributed by atoms with E-state index < -0.39 is 11.6 Å². The van der Waals surface area contributed by atoms with Crippen LogP contribution in [0.5, 0.6) is 0 Å². The molecule has 118 valence electrons. The molecule has 1 aliphatic rings. The lowest BCUT2D eigenvalue weighted by molar-refractivity contribution is -0.0528. The Morgan fingerprint density at radius 2 is 1.90 bits per heavy atom. The average Bonchev–Trinajstić information content (AvgIpc) is 2.73. The van der Waals surface area contributed by atoms with Crippen LogP contribution in [0.4, 0.5) is 8.78 Å². The number of hydrazine groups is 1. The number of nitrogens with two attached hydrogens (primary N) is 1. The molecule has 1 atom stereocenters. The molecule has 1 saturated carbocycles. The zero-order valence-electron chi connectivity index (χ0n) is 12.5. The van der Waals surface area contributed by atoms with E-state index in [0.29, 0.717) is 12.0 Å². The monoisotopic (exact) mass is 298 g/mol. The van der Waals surface area contributed by atoms with Crippen LogP contribution in [-0.4, -0.2) is 18.8 Å². The van der Waals surface area contributed by atoms with Crippen molar-refractivity contribution in [3.63, 3.8) is 0 Å². The molecule has 3 N–H and O–H groups in total. The minimum Gasteiger partial charge on any atom is -0.377 e. The summed E-state index contributed by atoms with van der Waals surface area (Å²) in [6, 6.07) is 3.48. The van der Waals surface area contributed by atoms with Crippen LogP contribution >= 0.6 is 0 Å². The number of hydrogen-bond donors (Lipinski definition) is 2. The van der Waals surface area contributed by atoms with E-state index in [1.54, 1.807) is 7.11 Å². The van der Waals surface area contributed by atoms with E-state index in [1.807, 2.05) is 0 Å². The van der Waals surface area contributed by atoms with Crippen LogP contribution in [-0.2, 0) is 11.2 Å². The minimum atomic E-state index is -0.565. The maximum Gasteiger partial charge on any atom is 0.129 e. The molecule has 1 aliphatic carbocycles. The number of nitrogens with one attached hydrogen (secondary N) is 1. The second-order valence-electron chi connectivity index (χ2n) is 5.84. The summed E-state index contributed by atoms with van der Waals surface area (Å²) in [5, 5.41) is 0. The van der Waals surface area contributed by atoms with E-state index in [0.717, 1.165) is 31.7 Å². The highest BCUT2D eigenvalue weighted by molar-refractivity contribution is 5.20. The summed E-state index contributed by atoms with van der Waals surface area (Å²) in [7, 11) is 1.69. The molecular formula is C16H24F2N2O. The Balaban J connectivity index is 2.20. The maximum absolute atomic E-state index is 13.9. The maximum atomic E-state index is 13.9. The van der Waals surface area contributed by atoms with Gasteiger partial charge in [-0.1, -0.05) is 31.7 Å². The van der Waals surface area contributed by atoms with Gasteiger partial charge in [0.15, 0.2) is 0 Å². The van der Waals surface area contributed by atoms with Gasteiger partial charge in [-0.15, -0.1) is 0 Å². The van der Waals surface area contributed by atoms with Gasteiger partial charge >= 0.3 is 0 Å². The number of hydrogen-bond acceptors (Lipinski definition) is 3. The molecule has 0 amide bonds. The van der Waals surface area contributed by atoms with Gasteiger partial charge in [-0.3, -0.25) is 11.3 Å². The first-order chi connectivity index (χ1) is 10.1. The van der Waals surface area contributed by atoms with E-state index >= 15 is 0 Å². The Bertz CT molecular complexity index is 460. The third kappa shape index (κ3) is 3.78. The molecule has 1 fully saturated rings. The predicted octanol–water partition coefficient (Wildman–Crippen LogP) is 3.08. The van der Waals surface area contributed by atoms with Crippen LogP contribution < -0.4 is 11.3 Å². The first kappa shape index (κ1) is 16.3. The summed E-state index contributed by atoms with van der Waals surface area (Å²) in [6.07, 6.45) is 6.73. The highest BCUT2D eigenvalue weighted by Crippen LogP contribution is 2.34. The summed E-state index contributed by atoms with van der Waals surface area (Å²) in [6.45, 7) is 0. The van der Waals surface area contributed by atoms with Crippen LogP contribution in [0.2, 0.25) is 0 Å². The SMILES string of the molecule is COC1(C(Cc2ccc(F)cc2F)NN)CCCCCC1. The summed E-state index contributed by atoms with van der Waals surface area (Å²) in [5.74, 6) is 4.62. The Hall–Kier alpha value is -1.04. The van der Waals surface area contributed by atoms with Gasteiger partial charge in [0.1, 0.15) is 11.6 Å². The van der Waals surface area contributed by atoms with Gasteiger partial charge in [0.25, 0.3) is 0 Å². The molecule has 0 aliphatic heterocycles. The lowest BCUT2D eigenvalue weighted by atomic mass is 9.83. The third-order valence-corrected chi connectivity index (χ3v) is 4.63. The number of methoxy groups -OCH3 is 1. The van der Waals surface area contributed by atoms with E-state index in [4.69, 9.17) is 10.6 Å². The van der Waals surface area contributed by atoms with Gasteiger partial charge in [-0.05, 0) is 30.9 Å². The molecule has 5 heteroatoms. The van der Waals surface area contributed by atoms with Gasteiger partial charge in [0, 0.05) is 13.2 Å². The second-order valence-corrected chi connectivity index (χ2v) is 5.84. The quantitative estimate of drug-likeness (QED) is 0.499. The molecule has 0 aromatic heterocycles. The summed E-state index contributed by atoms with van der Waals surface area (Å²) in [4.78, 5) is 0. The fourth-order valence-corrected chi connectivity index (χ4v) is 3.33. The van der Waals surface area contributed by atoms with E-state index in [1.165, 1.54) is 25.0 Å².